The van der Waals surface area contributed by atoms with Gasteiger partial charge in [0.15, 0.2) is 0 Å². The highest BCUT2D eigenvalue weighted by Gasteiger charge is 2.27. The molecular formula is C19H18N2O2S. The minimum Gasteiger partial charge on any atom is -0.349 e. The molecule has 1 N–H and O–H groups in total. The molecule has 24 heavy (non-hydrogen) atoms. The van der Waals surface area contributed by atoms with Crippen molar-refractivity contribution in [3.8, 4) is 0 Å². The molecule has 0 saturated heterocycles. The molecule has 1 aliphatic heterocycles. The standard InChI is InChI=1S/C19H18N2O2S/c22-18-12-24-17-9-6-14(19(23)20-15-7-8-15)10-16(17)21(18)11-13-4-2-1-3-5-13/h1-6,9-10,15H,7-8,11-12H2,(H,20,23). The summed E-state index contributed by atoms with van der Waals surface area (Å²) in [6.45, 7) is 0.529. The van der Waals surface area contributed by atoms with Gasteiger partial charge in [0.25, 0.3) is 5.91 Å². The van der Waals surface area contributed by atoms with Crippen LogP contribution in [0.1, 0.15) is 28.8 Å². The number of thioether (sulfide) groups is 1. The van der Waals surface area contributed by atoms with Gasteiger partial charge in [0, 0.05) is 16.5 Å². The summed E-state index contributed by atoms with van der Waals surface area (Å²) in [4.78, 5) is 27.6. The molecule has 0 atom stereocenters. The molecule has 0 spiro atoms. The van der Waals surface area contributed by atoms with E-state index in [9.17, 15) is 9.59 Å². The number of hydrogen-bond acceptors (Lipinski definition) is 3. The molecular weight excluding hydrogens is 320 g/mol. The zero-order valence-electron chi connectivity index (χ0n) is 13.2. The number of rotatable bonds is 4. The van der Waals surface area contributed by atoms with Gasteiger partial charge in [-0.1, -0.05) is 30.3 Å². The van der Waals surface area contributed by atoms with E-state index in [2.05, 4.69) is 5.32 Å². The Morgan fingerprint density at radius 1 is 1.17 bits per heavy atom. The zero-order valence-corrected chi connectivity index (χ0v) is 14.0. The Balaban J connectivity index is 1.64. The third-order valence-corrected chi connectivity index (χ3v) is 5.31. The van der Waals surface area contributed by atoms with Crippen molar-refractivity contribution >= 4 is 29.3 Å². The Hall–Kier alpha value is -2.27. The number of carbonyl (C=O) groups excluding carboxylic acids is 2. The van der Waals surface area contributed by atoms with Gasteiger partial charge >= 0.3 is 0 Å². The van der Waals surface area contributed by atoms with E-state index in [1.54, 1.807) is 4.90 Å². The van der Waals surface area contributed by atoms with Crippen molar-refractivity contribution in [2.75, 3.05) is 10.7 Å². The molecule has 0 radical (unpaired) electrons. The lowest BCUT2D eigenvalue weighted by Crippen LogP contribution is -2.35. The summed E-state index contributed by atoms with van der Waals surface area (Å²) in [5.41, 5.74) is 2.54. The molecule has 1 aliphatic carbocycles. The van der Waals surface area contributed by atoms with Crippen molar-refractivity contribution in [2.24, 2.45) is 0 Å². The van der Waals surface area contributed by atoms with Gasteiger partial charge in [-0.2, -0.15) is 0 Å². The summed E-state index contributed by atoms with van der Waals surface area (Å²) < 4.78 is 0. The highest BCUT2D eigenvalue weighted by molar-refractivity contribution is 8.00. The molecule has 1 heterocycles. The van der Waals surface area contributed by atoms with E-state index in [0.717, 1.165) is 29.0 Å². The first-order valence-electron chi connectivity index (χ1n) is 8.13. The van der Waals surface area contributed by atoms with Crippen molar-refractivity contribution < 1.29 is 9.59 Å². The largest absolute Gasteiger partial charge is 0.349 e. The summed E-state index contributed by atoms with van der Waals surface area (Å²) in [6.07, 6.45) is 2.12. The van der Waals surface area contributed by atoms with E-state index in [0.29, 0.717) is 23.9 Å². The Morgan fingerprint density at radius 2 is 1.96 bits per heavy atom. The van der Waals surface area contributed by atoms with E-state index in [4.69, 9.17) is 0 Å². The van der Waals surface area contributed by atoms with Crippen LogP contribution in [0.2, 0.25) is 0 Å². The van der Waals surface area contributed by atoms with Gasteiger partial charge in [-0.3, -0.25) is 9.59 Å². The van der Waals surface area contributed by atoms with Crippen LogP contribution in [0.15, 0.2) is 53.4 Å². The molecule has 2 amide bonds. The van der Waals surface area contributed by atoms with Gasteiger partial charge in [0.05, 0.1) is 18.0 Å². The van der Waals surface area contributed by atoms with Gasteiger partial charge in [0.1, 0.15) is 0 Å². The highest BCUT2D eigenvalue weighted by atomic mass is 32.2. The van der Waals surface area contributed by atoms with Crippen molar-refractivity contribution in [3.63, 3.8) is 0 Å². The van der Waals surface area contributed by atoms with Crippen LogP contribution >= 0.6 is 11.8 Å². The average Bonchev–Trinajstić information content (AvgIpc) is 3.42. The maximum atomic E-state index is 12.4. The van der Waals surface area contributed by atoms with Crippen molar-refractivity contribution in [1.82, 2.24) is 5.32 Å². The first-order chi connectivity index (χ1) is 11.7. The summed E-state index contributed by atoms with van der Waals surface area (Å²) >= 11 is 1.53. The first kappa shape index (κ1) is 15.3. The number of amides is 2. The first-order valence-corrected chi connectivity index (χ1v) is 9.11. The fourth-order valence-corrected chi connectivity index (χ4v) is 3.70. The number of nitrogens with one attached hydrogen (secondary N) is 1. The van der Waals surface area contributed by atoms with Crippen molar-refractivity contribution in [3.05, 3.63) is 59.7 Å². The van der Waals surface area contributed by atoms with Crippen molar-refractivity contribution in [2.45, 2.75) is 30.3 Å². The Morgan fingerprint density at radius 3 is 2.71 bits per heavy atom. The van der Waals surface area contributed by atoms with Crippen LogP contribution in [-0.4, -0.2) is 23.6 Å². The number of nitrogens with zero attached hydrogens (tertiary/aromatic N) is 1. The van der Waals surface area contributed by atoms with Crippen LogP contribution in [0.25, 0.3) is 0 Å². The Bertz CT molecular complexity index is 787. The SMILES string of the molecule is O=C(NC1CC1)c1ccc2c(c1)N(Cc1ccccc1)C(=O)CS2. The van der Waals surface area contributed by atoms with Crippen LogP contribution in [-0.2, 0) is 11.3 Å². The number of carbonyl (C=O) groups is 2. The Labute approximate surface area is 145 Å². The van der Waals surface area contributed by atoms with E-state index in [-0.39, 0.29) is 11.8 Å². The third-order valence-electron chi connectivity index (χ3n) is 4.26. The smallest absolute Gasteiger partial charge is 0.251 e. The number of anilines is 1. The number of fused-ring (bicyclic) bond motifs is 1. The molecule has 5 heteroatoms. The van der Waals surface area contributed by atoms with E-state index >= 15 is 0 Å². The fraction of sp³-hybridized carbons (Fsp3) is 0.263. The fourth-order valence-electron chi connectivity index (χ4n) is 2.78. The molecule has 2 aromatic carbocycles. The predicted molar refractivity (Wildman–Crippen MR) is 95.3 cm³/mol. The second-order valence-electron chi connectivity index (χ2n) is 6.18. The average molecular weight is 338 g/mol. The van der Waals surface area contributed by atoms with Gasteiger partial charge in [0.2, 0.25) is 5.91 Å². The van der Waals surface area contributed by atoms with Gasteiger partial charge < -0.3 is 10.2 Å². The summed E-state index contributed by atoms with van der Waals surface area (Å²) in [5, 5.41) is 3.00. The topological polar surface area (TPSA) is 49.4 Å². The van der Waals surface area contributed by atoms with Gasteiger partial charge in [-0.05, 0) is 36.6 Å². The lowest BCUT2D eigenvalue weighted by atomic mass is 10.1. The molecule has 1 fully saturated rings. The van der Waals surface area contributed by atoms with Gasteiger partial charge in [-0.25, -0.2) is 0 Å². The summed E-state index contributed by atoms with van der Waals surface area (Å²) in [5.74, 6) is 0.465. The normalized spacial score (nSPS) is 16.7. The minimum absolute atomic E-state index is 0.0528. The highest BCUT2D eigenvalue weighted by Crippen LogP contribution is 2.37. The lowest BCUT2D eigenvalue weighted by molar-refractivity contribution is -0.116. The van der Waals surface area contributed by atoms with E-state index in [1.165, 1.54) is 11.8 Å². The molecule has 2 aromatic rings. The number of hydrogen-bond donors (Lipinski definition) is 1. The molecule has 2 aliphatic rings. The minimum atomic E-state index is -0.0528. The predicted octanol–water partition coefficient (Wildman–Crippen LogP) is 3.22. The monoisotopic (exact) mass is 338 g/mol. The number of benzene rings is 2. The summed E-state index contributed by atoms with van der Waals surface area (Å²) in [7, 11) is 0. The second-order valence-corrected chi connectivity index (χ2v) is 7.20. The molecule has 1 saturated carbocycles. The second kappa shape index (κ2) is 6.32. The van der Waals surface area contributed by atoms with Gasteiger partial charge in [-0.15, -0.1) is 11.8 Å². The molecule has 4 rings (SSSR count). The van der Waals surface area contributed by atoms with Crippen molar-refractivity contribution in [1.29, 1.82) is 0 Å². The maximum Gasteiger partial charge on any atom is 0.251 e. The van der Waals surface area contributed by atoms with Crippen LogP contribution in [0.3, 0.4) is 0 Å². The van der Waals surface area contributed by atoms with Crippen LogP contribution in [0.4, 0.5) is 5.69 Å². The molecule has 4 nitrogen and oxygen atoms in total. The van der Waals surface area contributed by atoms with Crippen LogP contribution in [0.5, 0.6) is 0 Å². The zero-order chi connectivity index (χ0) is 16.5. The molecule has 0 unspecified atom stereocenters. The van der Waals surface area contributed by atoms with E-state index in [1.807, 2.05) is 48.5 Å². The molecule has 0 aromatic heterocycles. The van der Waals surface area contributed by atoms with Crippen LogP contribution in [0, 0.1) is 0 Å². The Kier molecular flexibility index (Phi) is 4.02. The van der Waals surface area contributed by atoms with Crippen LogP contribution < -0.4 is 10.2 Å². The quantitative estimate of drug-likeness (QED) is 0.931. The third kappa shape index (κ3) is 3.17. The molecule has 0 bridgehead atoms. The summed E-state index contributed by atoms with van der Waals surface area (Å²) in [6, 6.07) is 15.9. The van der Waals surface area contributed by atoms with E-state index < -0.39 is 0 Å². The molecule has 122 valence electrons. The lowest BCUT2D eigenvalue weighted by Gasteiger charge is -2.29. The maximum absolute atomic E-state index is 12.4.